The molecule has 1 amide bonds. The summed E-state index contributed by atoms with van der Waals surface area (Å²) in [4.78, 5) is 15.4. The van der Waals surface area contributed by atoms with Crippen LogP contribution in [-0.2, 0) is 6.54 Å². The van der Waals surface area contributed by atoms with E-state index in [9.17, 15) is 4.79 Å². The first-order valence-electron chi connectivity index (χ1n) is 7.21. The smallest absolute Gasteiger partial charge is 0.248 e. The topological polar surface area (TPSA) is 112 Å². The minimum Gasteiger partial charge on any atom is -0.493 e. The lowest BCUT2D eigenvalue weighted by Crippen LogP contribution is -2.22. The molecule has 0 aromatic heterocycles. The highest BCUT2D eigenvalue weighted by atomic mass is 127. The summed E-state index contributed by atoms with van der Waals surface area (Å²) in [5.74, 6) is 0.982. The van der Waals surface area contributed by atoms with Crippen LogP contribution in [-0.4, -0.2) is 26.1 Å². The Morgan fingerprint density at radius 2 is 1.80 bits per heavy atom. The van der Waals surface area contributed by atoms with Gasteiger partial charge in [0.25, 0.3) is 0 Å². The SMILES string of the molecule is COc1ccc(NC(N)=NCc2cccc(C(N)=O)c2)cc1OC.I. The first-order valence-corrected chi connectivity index (χ1v) is 7.21. The second-order valence-electron chi connectivity index (χ2n) is 4.96. The first-order chi connectivity index (χ1) is 11.5. The van der Waals surface area contributed by atoms with E-state index in [4.69, 9.17) is 20.9 Å². The fourth-order valence-electron chi connectivity index (χ4n) is 2.10. The highest BCUT2D eigenvalue weighted by molar-refractivity contribution is 14.0. The van der Waals surface area contributed by atoms with E-state index in [0.717, 1.165) is 11.3 Å². The summed E-state index contributed by atoms with van der Waals surface area (Å²) >= 11 is 0. The monoisotopic (exact) mass is 456 g/mol. The van der Waals surface area contributed by atoms with E-state index in [1.165, 1.54) is 0 Å². The van der Waals surface area contributed by atoms with Crippen LogP contribution in [0.25, 0.3) is 0 Å². The molecule has 8 heteroatoms. The fraction of sp³-hybridized carbons (Fsp3) is 0.176. The lowest BCUT2D eigenvalue weighted by atomic mass is 10.1. The van der Waals surface area contributed by atoms with Gasteiger partial charge in [0.2, 0.25) is 5.91 Å². The van der Waals surface area contributed by atoms with Crippen LogP contribution >= 0.6 is 24.0 Å². The van der Waals surface area contributed by atoms with Crippen LogP contribution in [0.15, 0.2) is 47.5 Å². The van der Waals surface area contributed by atoms with Crippen molar-refractivity contribution in [3.63, 3.8) is 0 Å². The van der Waals surface area contributed by atoms with Gasteiger partial charge in [-0.15, -0.1) is 24.0 Å². The van der Waals surface area contributed by atoms with E-state index in [2.05, 4.69) is 10.3 Å². The number of benzene rings is 2. The van der Waals surface area contributed by atoms with Crippen LogP contribution in [0, 0.1) is 0 Å². The Morgan fingerprint density at radius 1 is 1.08 bits per heavy atom. The van der Waals surface area contributed by atoms with Gasteiger partial charge in [0.15, 0.2) is 17.5 Å². The van der Waals surface area contributed by atoms with Crippen LogP contribution in [0.3, 0.4) is 0 Å². The number of ether oxygens (including phenoxy) is 2. The second-order valence-corrected chi connectivity index (χ2v) is 4.96. The van der Waals surface area contributed by atoms with Gasteiger partial charge in [-0.3, -0.25) is 4.79 Å². The molecule has 0 unspecified atom stereocenters. The molecule has 2 rings (SSSR count). The molecule has 0 saturated heterocycles. The Labute approximate surface area is 163 Å². The number of rotatable bonds is 6. The highest BCUT2D eigenvalue weighted by Gasteiger charge is 2.05. The number of methoxy groups -OCH3 is 2. The number of carbonyl (C=O) groups excluding carboxylic acids is 1. The third-order valence-electron chi connectivity index (χ3n) is 3.30. The van der Waals surface area contributed by atoms with E-state index < -0.39 is 5.91 Å². The number of anilines is 1. The van der Waals surface area contributed by atoms with Gasteiger partial charge in [-0.2, -0.15) is 0 Å². The molecular weight excluding hydrogens is 435 g/mol. The van der Waals surface area contributed by atoms with Gasteiger partial charge in [0.05, 0.1) is 20.8 Å². The zero-order chi connectivity index (χ0) is 17.5. The number of hydrogen-bond donors (Lipinski definition) is 3. The van der Waals surface area contributed by atoms with Crippen molar-refractivity contribution < 1.29 is 14.3 Å². The summed E-state index contributed by atoms with van der Waals surface area (Å²) in [6.45, 7) is 0.327. The summed E-state index contributed by atoms with van der Waals surface area (Å²) in [7, 11) is 3.13. The molecule has 0 atom stereocenters. The van der Waals surface area contributed by atoms with Crippen molar-refractivity contribution in [1.82, 2.24) is 0 Å². The maximum Gasteiger partial charge on any atom is 0.248 e. The van der Waals surface area contributed by atoms with Crippen molar-refractivity contribution in [3.8, 4) is 11.5 Å². The van der Waals surface area contributed by atoms with E-state index in [1.807, 2.05) is 6.07 Å². The Balaban J connectivity index is 0.00000312. The molecule has 0 saturated carbocycles. The third-order valence-corrected chi connectivity index (χ3v) is 3.30. The van der Waals surface area contributed by atoms with Crippen LogP contribution in [0.2, 0.25) is 0 Å². The molecule has 0 radical (unpaired) electrons. The van der Waals surface area contributed by atoms with Gasteiger partial charge in [0, 0.05) is 17.3 Å². The average Bonchev–Trinajstić information content (AvgIpc) is 2.60. The number of guanidine groups is 1. The van der Waals surface area contributed by atoms with Crippen LogP contribution in [0.5, 0.6) is 11.5 Å². The van der Waals surface area contributed by atoms with Crippen molar-refractivity contribution in [2.45, 2.75) is 6.54 Å². The minimum atomic E-state index is -0.475. The zero-order valence-electron chi connectivity index (χ0n) is 14.0. The summed E-state index contributed by atoms with van der Waals surface area (Å²) in [6, 6.07) is 12.3. The van der Waals surface area contributed by atoms with Crippen LogP contribution < -0.4 is 26.3 Å². The Morgan fingerprint density at radius 3 is 2.44 bits per heavy atom. The van der Waals surface area contributed by atoms with Gasteiger partial charge in [-0.1, -0.05) is 12.1 Å². The summed E-state index contributed by atoms with van der Waals surface area (Å²) in [5.41, 5.74) is 13.1. The maximum absolute atomic E-state index is 11.2. The predicted octanol–water partition coefficient (Wildman–Crippen LogP) is 2.35. The minimum absolute atomic E-state index is 0. The number of carbonyl (C=O) groups is 1. The molecule has 0 fully saturated rings. The van der Waals surface area contributed by atoms with Gasteiger partial charge in [0.1, 0.15) is 0 Å². The van der Waals surface area contributed by atoms with Gasteiger partial charge in [-0.05, 0) is 29.8 Å². The van der Waals surface area contributed by atoms with Crippen LogP contribution in [0.4, 0.5) is 5.69 Å². The molecule has 0 bridgehead atoms. The second kappa shape index (κ2) is 9.72. The average molecular weight is 456 g/mol. The number of nitrogens with one attached hydrogen (secondary N) is 1. The van der Waals surface area contributed by atoms with Crippen molar-refractivity contribution in [1.29, 1.82) is 0 Å². The molecule has 0 heterocycles. The normalized spacial score (nSPS) is 10.6. The molecule has 2 aromatic carbocycles. The molecule has 25 heavy (non-hydrogen) atoms. The number of hydrogen-bond acceptors (Lipinski definition) is 4. The number of nitrogens with two attached hydrogens (primary N) is 2. The molecular formula is C17H21IN4O3. The lowest BCUT2D eigenvalue weighted by molar-refractivity contribution is 0.1000. The molecule has 2 aromatic rings. The van der Waals surface area contributed by atoms with E-state index in [1.54, 1.807) is 50.6 Å². The summed E-state index contributed by atoms with van der Waals surface area (Å²) in [5, 5.41) is 2.98. The van der Waals surface area contributed by atoms with E-state index in [-0.39, 0.29) is 29.9 Å². The molecule has 0 spiro atoms. The standard InChI is InChI=1S/C17H20N4O3.HI/c1-23-14-7-6-13(9-15(14)24-2)21-17(19)20-10-11-4-3-5-12(8-11)16(18)22;/h3-9H,10H2,1-2H3,(H2,18,22)(H3,19,20,21);1H. The number of primary amides is 1. The molecule has 7 nitrogen and oxygen atoms in total. The Kier molecular flexibility index (Phi) is 7.99. The van der Waals surface area contributed by atoms with E-state index in [0.29, 0.717) is 23.6 Å². The summed E-state index contributed by atoms with van der Waals surface area (Å²) in [6.07, 6.45) is 0. The molecule has 5 N–H and O–H groups in total. The lowest BCUT2D eigenvalue weighted by Gasteiger charge is -2.11. The number of halogens is 1. The van der Waals surface area contributed by atoms with Crippen LogP contribution in [0.1, 0.15) is 15.9 Å². The van der Waals surface area contributed by atoms with Gasteiger partial charge in [-0.25, -0.2) is 4.99 Å². The predicted molar refractivity (Wildman–Crippen MR) is 109 cm³/mol. The quantitative estimate of drug-likeness (QED) is 0.351. The van der Waals surface area contributed by atoms with Crippen molar-refractivity contribution >= 4 is 41.5 Å². The van der Waals surface area contributed by atoms with Gasteiger partial charge >= 0.3 is 0 Å². The van der Waals surface area contributed by atoms with Crippen molar-refractivity contribution in [2.24, 2.45) is 16.5 Å². The first kappa shape index (κ1) is 20.6. The molecule has 134 valence electrons. The third kappa shape index (κ3) is 5.82. The largest absolute Gasteiger partial charge is 0.493 e. The zero-order valence-corrected chi connectivity index (χ0v) is 16.3. The van der Waals surface area contributed by atoms with Gasteiger partial charge < -0.3 is 26.3 Å². The highest BCUT2D eigenvalue weighted by Crippen LogP contribution is 2.29. The Hall–Kier alpha value is -2.49. The maximum atomic E-state index is 11.2. The van der Waals surface area contributed by atoms with Crippen molar-refractivity contribution in [3.05, 3.63) is 53.6 Å². The van der Waals surface area contributed by atoms with E-state index >= 15 is 0 Å². The molecule has 0 aliphatic heterocycles. The summed E-state index contributed by atoms with van der Waals surface area (Å²) < 4.78 is 10.4. The molecule has 0 aliphatic carbocycles. The number of aliphatic imine (C=N–C) groups is 1. The van der Waals surface area contributed by atoms with Crippen molar-refractivity contribution in [2.75, 3.05) is 19.5 Å². The fourth-order valence-corrected chi connectivity index (χ4v) is 2.10. The number of amides is 1. The Bertz CT molecular complexity index is 765. The molecule has 0 aliphatic rings. The number of nitrogens with zero attached hydrogens (tertiary/aromatic N) is 1.